The molecule has 3 rings (SSSR count). The van der Waals surface area contributed by atoms with Crippen molar-refractivity contribution in [3.8, 4) is 0 Å². The predicted octanol–water partition coefficient (Wildman–Crippen LogP) is 3.09. The fourth-order valence-corrected chi connectivity index (χ4v) is 3.35. The number of pyridine rings is 1. The molecule has 130 valence electrons. The van der Waals surface area contributed by atoms with Gasteiger partial charge < -0.3 is 14.1 Å². The zero-order valence-electron chi connectivity index (χ0n) is 14.4. The average Bonchev–Trinajstić information content (AvgIpc) is 2.55. The fraction of sp³-hybridized carbons (Fsp3) is 0.316. The van der Waals surface area contributed by atoms with E-state index in [-0.39, 0.29) is 11.1 Å². The summed E-state index contributed by atoms with van der Waals surface area (Å²) >= 11 is 0. The van der Waals surface area contributed by atoms with Crippen LogP contribution in [0.1, 0.15) is 42.1 Å². The molecule has 0 saturated heterocycles. The number of hydrogen-bond donors (Lipinski definition) is 1. The molecule has 0 spiro atoms. The van der Waals surface area contributed by atoms with E-state index in [1.165, 1.54) is 12.1 Å². The second kappa shape index (κ2) is 6.20. The molecular formula is C19H19NO5. The first-order valence-electron chi connectivity index (χ1n) is 8.26. The minimum atomic E-state index is -1.16. The molecule has 3 aromatic rings. The van der Waals surface area contributed by atoms with E-state index in [4.69, 9.17) is 4.42 Å². The molecule has 1 aromatic carbocycles. The summed E-state index contributed by atoms with van der Waals surface area (Å²) in [5.74, 6) is -0.678. The molecule has 0 atom stereocenters. The molecule has 6 nitrogen and oxygen atoms in total. The van der Waals surface area contributed by atoms with Crippen LogP contribution in [0.3, 0.4) is 0 Å². The van der Waals surface area contributed by atoms with Crippen LogP contribution >= 0.6 is 0 Å². The van der Waals surface area contributed by atoms with Gasteiger partial charge in [-0.3, -0.25) is 9.59 Å². The van der Waals surface area contributed by atoms with Crippen molar-refractivity contribution in [1.29, 1.82) is 0 Å². The number of nitrogens with zero attached hydrogens (tertiary/aromatic N) is 1. The SMILES string of the molecule is CCCc1c2oc(C)cc(=O)c2cc2c(=O)cc(C(=O)O)n(CC)c12. The number of hydrogen-bond acceptors (Lipinski definition) is 4. The van der Waals surface area contributed by atoms with Crippen LogP contribution in [-0.2, 0) is 13.0 Å². The van der Waals surface area contributed by atoms with Gasteiger partial charge in [0.2, 0.25) is 0 Å². The molecule has 0 fully saturated rings. The summed E-state index contributed by atoms with van der Waals surface area (Å²) in [5, 5.41) is 10.2. The lowest BCUT2D eigenvalue weighted by atomic mass is 10.00. The number of carboxylic acids is 1. The van der Waals surface area contributed by atoms with E-state index in [1.54, 1.807) is 11.5 Å². The maximum absolute atomic E-state index is 12.5. The molecule has 0 radical (unpaired) electrons. The van der Waals surface area contributed by atoms with Crippen molar-refractivity contribution in [2.45, 2.75) is 40.2 Å². The summed E-state index contributed by atoms with van der Waals surface area (Å²) in [6.07, 6.45) is 1.34. The molecule has 0 aliphatic carbocycles. The summed E-state index contributed by atoms with van der Waals surface area (Å²) in [6, 6.07) is 4.04. The Morgan fingerprint density at radius 2 is 1.80 bits per heavy atom. The van der Waals surface area contributed by atoms with Gasteiger partial charge in [-0.25, -0.2) is 4.79 Å². The minimum Gasteiger partial charge on any atom is -0.477 e. The van der Waals surface area contributed by atoms with Gasteiger partial charge in [0.25, 0.3) is 0 Å². The molecule has 0 saturated carbocycles. The van der Waals surface area contributed by atoms with Gasteiger partial charge in [-0.2, -0.15) is 0 Å². The van der Waals surface area contributed by atoms with Gasteiger partial charge >= 0.3 is 5.97 Å². The lowest BCUT2D eigenvalue weighted by molar-refractivity contribution is 0.0685. The molecule has 0 unspecified atom stereocenters. The third kappa shape index (κ3) is 2.63. The summed E-state index contributed by atoms with van der Waals surface area (Å²) in [7, 11) is 0. The first-order valence-corrected chi connectivity index (χ1v) is 8.26. The Morgan fingerprint density at radius 1 is 1.12 bits per heavy atom. The number of rotatable bonds is 4. The number of aromatic nitrogens is 1. The fourth-order valence-electron chi connectivity index (χ4n) is 3.35. The van der Waals surface area contributed by atoms with Crippen LogP contribution < -0.4 is 10.9 Å². The van der Waals surface area contributed by atoms with Crippen LogP contribution in [0.4, 0.5) is 0 Å². The summed E-state index contributed by atoms with van der Waals surface area (Å²) in [6.45, 7) is 5.88. The molecule has 25 heavy (non-hydrogen) atoms. The highest BCUT2D eigenvalue weighted by Gasteiger charge is 2.20. The van der Waals surface area contributed by atoms with Crippen molar-refractivity contribution in [2.75, 3.05) is 0 Å². The zero-order valence-corrected chi connectivity index (χ0v) is 14.4. The second-order valence-electron chi connectivity index (χ2n) is 6.04. The second-order valence-corrected chi connectivity index (χ2v) is 6.04. The lowest BCUT2D eigenvalue weighted by Crippen LogP contribution is -2.19. The van der Waals surface area contributed by atoms with Crippen LogP contribution in [-0.4, -0.2) is 15.6 Å². The first-order chi connectivity index (χ1) is 11.9. The molecule has 0 aliphatic rings. The monoisotopic (exact) mass is 341 g/mol. The van der Waals surface area contributed by atoms with Crippen molar-refractivity contribution in [3.05, 3.63) is 55.7 Å². The summed E-state index contributed by atoms with van der Waals surface area (Å²) < 4.78 is 7.41. The standard InChI is InChI=1S/C19H19NO5/c1-4-6-11-17-12(8-13-15(21)7-10(3)25-18(11)13)16(22)9-14(19(23)24)20(17)5-2/h7-9H,4-6H2,1-3H3,(H,23,24). The van der Waals surface area contributed by atoms with Crippen LogP contribution in [0.2, 0.25) is 0 Å². The maximum atomic E-state index is 12.5. The molecule has 0 aliphatic heterocycles. The largest absolute Gasteiger partial charge is 0.477 e. The van der Waals surface area contributed by atoms with Crippen molar-refractivity contribution < 1.29 is 14.3 Å². The van der Waals surface area contributed by atoms with Crippen molar-refractivity contribution in [3.63, 3.8) is 0 Å². The van der Waals surface area contributed by atoms with E-state index < -0.39 is 11.4 Å². The Morgan fingerprint density at radius 3 is 2.40 bits per heavy atom. The van der Waals surface area contributed by atoms with Crippen molar-refractivity contribution in [1.82, 2.24) is 4.57 Å². The number of carboxylic acid groups (broad SMARTS) is 1. The third-order valence-electron chi connectivity index (χ3n) is 4.34. The average molecular weight is 341 g/mol. The smallest absolute Gasteiger partial charge is 0.352 e. The number of benzene rings is 1. The molecule has 2 heterocycles. The van der Waals surface area contributed by atoms with E-state index in [9.17, 15) is 19.5 Å². The lowest BCUT2D eigenvalue weighted by Gasteiger charge is -2.17. The van der Waals surface area contributed by atoms with E-state index in [0.717, 1.165) is 12.5 Å². The van der Waals surface area contributed by atoms with E-state index in [1.807, 2.05) is 13.8 Å². The number of aromatic carboxylic acids is 1. The molecular weight excluding hydrogens is 322 g/mol. The molecule has 1 N–H and O–H groups in total. The first kappa shape index (κ1) is 17.0. The van der Waals surface area contributed by atoms with Gasteiger partial charge in [-0.1, -0.05) is 13.3 Å². The maximum Gasteiger partial charge on any atom is 0.352 e. The molecule has 2 aromatic heterocycles. The van der Waals surface area contributed by atoms with Gasteiger partial charge in [0.1, 0.15) is 17.0 Å². The Kier molecular flexibility index (Phi) is 4.20. The van der Waals surface area contributed by atoms with Crippen LogP contribution in [0.5, 0.6) is 0 Å². The highest BCUT2D eigenvalue weighted by atomic mass is 16.4. The van der Waals surface area contributed by atoms with Gasteiger partial charge in [0, 0.05) is 29.6 Å². The van der Waals surface area contributed by atoms with E-state index in [0.29, 0.717) is 46.2 Å². The molecule has 0 amide bonds. The summed E-state index contributed by atoms with van der Waals surface area (Å²) in [4.78, 5) is 36.5. The zero-order chi connectivity index (χ0) is 18.3. The topological polar surface area (TPSA) is 89.5 Å². The van der Waals surface area contributed by atoms with Crippen LogP contribution in [0, 0.1) is 6.92 Å². The highest BCUT2D eigenvalue weighted by molar-refractivity contribution is 6.00. The Balaban J connectivity index is 2.68. The Labute approximate surface area is 143 Å². The van der Waals surface area contributed by atoms with Gasteiger partial charge in [-0.05, 0) is 26.3 Å². The van der Waals surface area contributed by atoms with Gasteiger partial charge in [0.05, 0.1) is 10.9 Å². The Bertz CT molecular complexity index is 1120. The van der Waals surface area contributed by atoms with Crippen LogP contribution in [0.25, 0.3) is 21.9 Å². The number of aryl methyl sites for hydroxylation is 3. The number of carbonyl (C=O) groups is 1. The van der Waals surface area contributed by atoms with E-state index in [2.05, 4.69) is 0 Å². The number of fused-ring (bicyclic) bond motifs is 2. The third-order valence-corrected chi connectivity index (χ3v) is 4.34. The minimum absolute atomic E-state index is 0.0632. The summed E-state index contributed by atoms with van der Waals surface area (Å²) in [5.41, 5.74) is 1.00. The predicted molar refractivity (Wildman–Crippen MR) is 95.6 cm³/mol. The normalized spacial score (nSPS) is 11.3. The quantitative estimate of drug-likeness (QED) is 0.737. The van der Waals surface area contributed by atoms with E-state index >= 15 is 0 Å². The highest BCUT2D eigenvalue weighted by Crippen LogP contribution is 2.28. The van der Waals surface area contributed by atoms with Crippen molar-refractivity contribution in [2.24, 2.45) is 0 Å². The molecule has 6 heteroatoms. The molecule has 0 bridgehead atoms. The Hall–Kier alpha value is -2.89. The van der Waals surface area contributed by atoms with Crippen LogP contribution in [0.15, 0.2) is 32.2 Å². The van der Waals surface area contributed by atoms with Gasteiger partial charge in [-0.15, -0.1) is 0 Å². The van der Waals surface area contributed by atoms with Crippen molar-refractivity contribution >= 4 is 27.8 Å². The van der Waals surface area contributed by atoms with Gasteiger partial charge in [0.15, 0.2) is 10.9 Å².